The summed E-state index contributed by atoms with van der Waals surface area (Å²) in [5, 5.41) is 0. The largest absolute Gasteiger partial charge is 0.494 e. The maximum Gasteiger partial charge on any atom is 0.140 e. The van der Waals surface area contributed by atoms with Gasteiger partial charge in [-0.25, -0.2) is 0 Å². The maximum atomic E-state index is 12.2. The van der Waals surface area contributed by atoms with Crippen LogP contribution in [0.3, 0.4) is 0 Å². The fourth-order valence-corrected chi connectivity index (χ4v) is 2.76. The molecule has 0 bridgehead atoms. The third-order valence-corrected chi connectivity index (χ3v) is 3.55. The summed E-state index contributed by atoms with van der Waals surface area (Å²) in [5.41, 5.74) is 3.50. The Morgan fingerprint density at radius 1 is 1.16 bits per heavy atom. The molecule has 1 unspecified atom stereocenters. The van der Waals surface area contributed by atoms with Crippen LogP contribution in [-0.4, -0.2) is 12.4 Å². The summed E-state index contributed by atoms with van der Waals surface area (Å²) in [6.07, 6.45) is 0.592. The first-order chi connectivity index (χ1) is 8.92. The van der Waals surface area contributed by atoms with Crippen LogP contribution < -0.4 is 4.74 Å². The van der Waals surface area contributed by atoms with Gasteiger partial charge in [0, 0.05) is 12.3 Å². The van der Waals surface area contributed by atoms with Crippen molar-refractivity contribution < 1.29 is 9.53 Å². The summed E-state index contributed by atoms with van der Waals surface area (Å²) in [7, 11) is 0. The summed E-state index contributed by atoms with van der Waals surface area (Å²) >= 11 is 0. The average Bonchev–Trinajstić information content (AvgIpc) is 2.32. The van der Waals surface area contributed by atoms with Gasteiger partial charge in [-0.2, -0.15) is 0 Å². The average molecular weight is 262 g/mol. The summed E-state index contributed by atoms with van der Waals surface area (Å²) < 4.78 is 5.56. The molecule has 0 saturated carbocycles. The molecule has 0 spiro atoms. The lowest BCUT2D eigenvalue weighted by Gasteiger charge is -2.24. The van der Waals surface area contributed by atoms with Crippen molar-refractivity contribution in [3.8, 4) is 5.75 Å². The highest BCUT2D eigenvalue weighted by molar-refractivity contribution is 5.86. The number of ketones is 1. The minimum Gasteiger partial charge on any atom is -0.494 e. The van der Waals surface area contributed by atoms with E-state index < -0.39 is 0 Å². The summed E-state index contributed by atoms with van der Waals surface area (Å²) in [5.74, 6) is 1.54. The van der Waals surface area contributed by atoms with Crippen LogP contribution in [0.2, 0.25) is 0 Å². The first-order valence-electron chi connectivity index (χ1n) is 7.18. The lowest BCUT2D eigenvalue weighted by Crippen LogP contribution is -2.19. The molecule has 0 aliphatic carbocycles. The first kappa shape index (κ1) is 15.7. The molecule has 0 aliphatic rings. The molecule has 1 atom stereocenters. The van der Waals surface area contributed by atoms with Gasteiger partial charge in [0.1, 0.15) is 11.5 Å². The van der Waals surface area contributed by atoms with E-state index in [0.29, 0.717) is 24.7 Å². The number of hydrogen-bond acceptors (Lipinski definition) is 2. The molecule has 106 valence electrons. The van der Waals surface area contributed by atoms with E-state index >= 15 is 0 Å². The van der Waals surface area contributed by atoms with Gasteiger partial charge in [0.05, 0.1) is 6.61 Å². The molecule has 0 radical (unpaired) electrons. The molecule has 1 aromatic carbocycles. The lowest BCUT2D eigenvalue weighted by molar-refractivity contribution is -0.121. The molecular formula is C17H26O2. The van der Waals surface area contributed by atoms with Crippen LogP contribution in [-0.2, 0) is 4.79 Å². The highest BCUT2D eigenvalue weighted by atomic mass is 16.5. The minimum absolute atomic E-state index is 0.000626. The second-order valence-electron chi connectivity index (χ2n) is 5.45. The van der Waals surface area contributed by atoms with E-state index in [9.17, 15) is 4.79 Å². The van der Waals surface area contributed by atoms with Crippen LogP contribution in [0.4, 0.5) is 0 Å². The number of carbonyl (C=O) groups is 1. The number of hydrogen-bond donors (Lipinski definition) is 0. The van der Waals surface area contributed by atoms with Crippen molar-refractivity contribution in [3.63, 3.8) is 0 Å². The standard InChI is InChI=1S/C17H26O2/c1-7-15(18)16(11(3)4)17-12(5)9-14(19-8-2)10-13(17)6/h9-11,16H,7-8H2,1-6H3. The molecule has 1 rings (SSSR count). The molecule has 2 nitrogen and oxygen atoms in total. The first-order valence-corrected chi connectivity index (χ1v) is 7.18. The molecule has 0 amide bonds. The number of benzene rings is 1. The number of carbonyl (C=O) groups excluding carboxylic acids is 1. The monoisotopic (exact) mass is 262 g/mol. The van der Waals surface area contributed by atoms with Gasteiger partial charge in [-0.05, 0) is 55.5 Å². The predicted molar refractivity (Wildman–Crippen MR) is 80.0 cm³/mol. The van der Waals surface area contributed by atoms with Gasteiger partial charge in [-0.15, -0.1) is 0 Å². The zero-order valence-corrected chi connectivity index (χ0v) is 13.0. The third-order valence-electron chi connectivity index (χ3n) is 3.55. The fraction of sp³-hybridized carbons (Fsp3) is 0.588. The molecule has 0 fully saturated rings. The Kier molecular flexibility index (Phi) is 5.59. The van der Waals surface area contributed by atoms with Crippen molar-refractivity contribution >= 4 is 5.78 Å². The molecule has 2 heteroatoms. The smallest absolute Gasteiger partial charge is 0.140 e. The van der Waals surface area contributed by atoms with Crippen LogP contribution >= 0.6 is 0 Å². The van der Waals surface area contributed by atoms with Crippen molar-refractivity contribution in [2.45, 2.75) is 53.9 Å². The molecule has 0 aliphatic heterocycles. The van der Waals surface area contributed by atoms with Gasteiger partial charge in [0.15, 0.2) is 0 Å². The van der Waals surface area contributed by atoms with Crippen molar-refractivity contribution in [2.24, 2.45) is 5.92 Å². The molecule has 0 aromatic heterocycles. The number of ether oxygens (including phenoxy) is 1. The van der Waals surface area contributed by atoms with Gasteiger partial charge in [0.25, 0.3) is 0 Å². The third kappa shape index (κ3) is 3.59. The quantitative estimate of drug-likeness (QED) is 0.758. The topological polar surface area (TPSA) is 26.3 Å². The van der Waals surface area contributed by atoms with E-state index in [2.05, 4.69) is 27.7 Å². The van der Waals surface area contributed by atoms with Crippen LogP contribution in [0.5, 0.6) is 5.75 Å². The second-order valence-corrected chi connectivity index (χ2v) is 5.45. The zero-order valence-electron chi connectivity index (χ0n) is 13.0. The second kappa shape index (κ2) is 6.74. The van der Waals surface area contributed by atoms with Crippen molar-refractivity contribution in [3.05, 3.63) is 28.8 Å². The maximum absolute atomic E-state index is 12.2. The Morgan fingerprint density at radius 3 is 2.05 bits per heavy atom. The Hall–Kier alpha value is -1.31. The van der Waals surface area contributed by atoms with Crippen LogP contribution in [0.25, 0.3) is 0 Å². The van der Waals surface area contributed by atoms with Gasteiger partial charge in [-0.1, -0.05) is 20.8 Å². The highest BCUT2D eigenvalue weighted by Gasteiger charge is 2.26. The molecule has 0 heterocycles. The van der Waals surface area contributed by atoms with Crippen LogP contribution in [0, 0.1) is 19.8 Å². The van der Waals surface area contributed by atoms with Gasteiger partial charge >= 0.3 is 0 Å². The van der Waals surface area contributed by atoms with E-state index in [1.165, 1.54) is 5.56 Å². The normalized spacial score (nSPS) is 12.6. The van der Waals surface area contributed by atoms with E-state index in [1.807, 2.05) is 26.0 Å². The SMILES string of the molecule is CCOc1cc(C)c(C(C(=O)CC)C(C)C)c(C)c1. The van der Waals surface area contributed by atoms with Crippen LogP contribution in [0.15, 0.2) is 12.1 Å². The van der Waals surface area contributed by atoms with Crippen molar-refractivity contribution in [1.29, 1.82) is 0 Å². The minimum atomic E-state index is 0.000626. The Balaban J connectivity index is 3.28. The number of Topliss-reactive ketones (excluding diaryl/α,β-unsaturated/α-hetero) is 1. The zero-order chi connectivity index (χ0) is 14.6. The Morgan fingerprint density at radius 2 is 1.68 bits per heavy atom. The van der Waals surface area contributed by atoms with E-state index in [-0.39, 0.29) is 5.92 Å². The van der Waals surface area contributed by atoms with Gasteiger partial charge in [-0.3, -0.25) is 4.79 Å². The highest BCUT2D eigenvalue weighted by Crippen LogP contribution is 2.34. The molecular weight excluding hydrogens is 236 g/mol. The Bertz CT molecular complexity index is 424. The molecule has 0 N–H and O–H groups in total. The summed E-state index contributed by atoms with van der Waals surface area (Å²) in [6.45, 7) is 13.0. The Labute approximate surface area is 117 Å². The van der Waals surface area contributed by atoms with E-state index in [4.69, 9.17) is 4.74 Å². The lowest BCUT2D eigenvalue weighted by atomic mass is 9.80. The number of aryl methyl sites for hydroxylation is 2. The summed E-state index contributed by atoms with van der Waals surface area (Å²) in [4.78, 5) is 12.2. The molecule has 1 aromatic rings. The summed E-state index contributed by atoms with van der Waals surface area (Å²) in [6, 6.07) is 4.09. The van der Waals surface area contributed by atoms with Gasteiger partial charge < -0.3 is 4.74 Å². The van der Waals surface area contributed by atoms with Gasteiger partial charge in [0.2, 0.25) is 0 Å². The van der Waals surface area contributed by atoms with E-state index in [0.717, 1.165) is 16.9 Å². The molecule has 0 saturated heterocycles. The number of rotatable bonds is 6. The van der Waals surface area contributed by atoms with Crippen molar-refractivity contribution in [1.82, 2.24) is 0 Å². The van der Waals surface area contributed by atoms with E-state index in [1.54, 1.807) is 0 Å². The fourth-order valence-electron chi connectivity index (χ4n) is 2.76. The molecule has 19 heavy (non-hydrogen) atoms. The van der Waals surface area contributed by atoms with Crippen molar-refractivity contribution in [2.75, 3.05) is 6.61 Å². The van der Waals surface area contributed by atoms with Crippen LogP contribution in [0.1, 0.15) is 56.7 Å². The predicted octanol–water partition coefficient (Wildman–Crippen LogP) is 4.42.